The van der Waals surface area contributed by atoms with Crippen molar-refractivity contribution in [2.75, 3.05) is 0 Å². The maximum absolute atomic E-state index is 11.9. The standard InChI is InChI=1S/C15H28O2/c1-6-12(5)15(16)17-14-9-11(4)7-8-13(14)10(2)3/h10-14H,6-9H2,1-5H3/t11-,12-,13+,14+/m0/s1. The molecule has 0 unspecified atom stereocenters. The molecule has 0 aromatic carbocycles. The van der Waals surface area contributed by atoms with E-state index >= 15 is 0 Å². The fourth-order valence-corrected chi connectivity index (χ4v) is 2.68. The minimum absolute atomic E-state index is 0.00255. The maximum atomic E-state index is 11.9. The predicted octanol–water partition coefficient (Wildman–Crippen LogP) is 4.04. The van der Waals surface area contributed by atoms with E-state index in [2.05, 4.69) is 20.8 Å². The lowest BCUT2D eigenvalue weighted by atomic mass is 9.75. The zero-order valence-corrected chi connectivity index (χ0v) is 12.0. The third-order valence-electron chi connectivity index (χ3n) is 4.24. The van der Waals surface area contributed by atoms with Crippen LogP contribution in [0.4, 0.5) is 0 Å². The Hall–Kier alpha value is -0.530. The summed E-state index contributed by atoms with van der Waals surface area (Å²) < 4.78 is 5.75. The Labute approximate surface area is 106 Å². The van der Waals surface area contributed by atoms with Gasteiger partial charge >= 0.3 is 5.97 Å². The van der Waals surface area contributed by atoms with Gasteiger partial charge in [-0.05, 0) is 37.0 Å². The number of esters is 1. The zero-order chi connectivity index (χ0) is 13.0. The molecule has 0 aliphatic heterocycles. The van der Waals surface area contributed by atoms with Gasteiger partial charge < -0.3 is 4.74 Å². The van der Waals surface area contributed by atoms with Gasteiger partial charge in [0.1, 0.15) is 6.10 Å². The molecular weight excluding hydrogens is 212 g/mol. The Morgan fingerprint density at radius 2 is 1.94 bits per heavy atom. The van der Waals surface area contributed by atoms with Crippen LogP contribution in [0.2, 0.25) is 0 Å². The molecule has 1 aliphatic rings. The number of ether oxygens (including phenoxy) is 1. The summed E-state index contributed by atoms with van der Waals surface area (Å²) in [6, 6.07) is 0. The molecule has 0 saturated heterocycles. The first-order valence-corrected chi connectivity index (χ1v) is 7.16. The van der Waals surface area contributed by atoms with Gasteiger partial charge in [-0.25, -0.2) is 0 Å². The summed E-state index contributed by atoms with van der Waals surface area (Å²) in [5.74, 6) is 1.90. The first-order chi connectivity index (χ1) is 7.95. The molecule has 4 atom stereocenters. The average Bonchev–Trinajstić information content (AvgIpc) is 2.27. The smallest absolute Gasteiger partial charge is 0.308 e. The highest BCUT2D eigenvalue weighted by Crippen LogP contribution is 2.35. The molecule has 2 nitrogen and oxygen atoms in total. The van der Waals surface area contributed by atoms with Gasteiger partial charge in [-0.15, -0.1) is 0 Å². The third-order valence-corrected chi connectivity index (χ3v) is 4.24. The van der Waals surface area contributed by atoms with Crippen molar-refractivity contribution in [2.45, 2.75) is 66.4 Å². The first-order valence-electron chi connectivity index (χ1n) is 7.16. The van der Waals surface area contributed by atoms with Crippen LogP contribution in [0.5, 0.6) is 0 Å². The van der Waals surface area contributed by atoms with E-state index in [0.717, 1.165) is 12.8 Å². The second-order valence-electron chi connectivity index (χ2n) is 6.11. The number of hydrogen-bond donors (Lipinski definition) is 0. The molecule has 17 heavy (non-hydrogen) atoms. The molecule has 1 saturated carbocycles. The molecule has 0 amide bonds. The highest BCUT2D eigenvalue weighted by molar-refractivity contribution is 5.72. The van der Waals surface area contributed by atoms with Crippen molar-refractivity contribution < 1.29 is 9.53 Å². The second-order valence-corrected chi connectivity index (χ2v) is 6.11. The van der Waals surface area contributed by atoms with Gasteiger partial charge in [-0.1, -0.05) is 41.0 Å². The average molecular weight is 240 g/mol. The van der Waals surface area contributed by atoms with Gasteiger partial charge in [-0.3, -0.25) is 4.79 Å². The molecule has 0 aromatic rings. The van der Waals surface area contributed by atoms with E-state index in [0.29, 0.717) is 17.8 Å². The normalized spacial score (nSPS) is 31.3. The van der Waals surface area contributed by atoms with Crippen molar-refractivity contribution in [2.24, 2.45) is 23.7 Å². The quantitative estimate of drug-likeness (QED) is 0.693. The molecule has 2 heteroatoms. The van der Waals surface area contributed by atoms with Crippen LogP contribution in [0.3, 0.4) is 0 Å². The van der Waals surface area contributed by atoms with Gasteiger partial charge in [0.2, 0.25) is 0 Å². The predicted molar refractivity (Wildman–Crippen MR) is 70.7 cm³/mol. The molecule has 0 spiro atoms. The lowest BCUT2D eigenvalue weighted by Gasteiger charge is -2.37. The minimum atomic E-state index is -0.00255. The molecule has 100 valence electrons. The highest BCUT2D eigenvalue weighted by atomic mass is 16.5. The van der Waals surface area contributed by atoms with Gasteiger partial charge in [-0.2, -0.15) is 0 Å². The summed E-state index contributed by atoms with van der Waals surface area (Å²) in [5, 5.41) is 0. The summed E-state index contributed by atoms with van der Waals surface area (Å²) in [5.41, 5.74) is 0. The maximum Gasteiger partial charge on any atom is 0.308 e. The molecule has 0 radical (unpaired) electrons. The van der Waals surface area contributed by atoms with Crippen LogP contribution < -0.4 is 0 Å². The SMILES string of the molecule is CC[C@H](C)C(=O)O[C@@H]1C[C@@H](C)CC[C@@H]1C(C)C. The van der Waals surface area contributed by atoms with E-state index in [-0.39, 0.29) is 18.0 Å². The molecule has 0 heterocycles. The van der Waals surface area contributed by atoms with Gasteiger partial charge in [0.15, 0.2) is 0 Å². The third kappa shape index (κ3) is 4.01. The van der Waals surface area contributed by atoms with Crippen molar-refractivity contribution in [3.8, 4) is 0 Å². The zero-order valence-electron chi connectivity index (χ0n) is 12.0. The fourth-order valence-electron chi connectivity index (χ4n) is 2.68. The van der Waals surface area contributed by atoms with Crippen molar-refractivity contribution >= 4 is 5.97 Å². The Morgan fingerprint density at radius 3 is 2.47 bits per heavy atom. The van der Waals surface area contributed by atoms with Crippen LogP contribution in [0.1, 0.15) is 60.3 Å². The number of rotatable bonds is 4. The molecular formula is C15H28O2. The van der Waals surface area contributed by atoms with Crippen molar-refractivity contribution in [3.05, 3.63) is 0 Å². The van der Waals surface area contributed by atoms with Crippen LogP contribution in [-0.2, 0) is 9.53 Å². The Bertz CT molecular complexity index is 247. The first kappa shape index (κ1) is 14.5. The van der Waals surface area contributed by atoms with E-state index in [4.69, 9.17) is 4.74 Å². The molecule has 0 bridgehead atoms. The van der Waals surface area contributed by atoms with E-state index in [1.54, 1.807) is 0 Å². The summed E-state index contributed by atoms with van der Waals surface area (Å²) in [6.45, 7) is 10.7. The Balaban J connectivity index is 2.60. The number of carbonyl (C=O) groups excluding carboxylic acids is 1. The highest BCUT2D eigenvalue weighted by Gasteiger charge is 2.33. The summed E-state index contributed by atoms with van der Waals surface area (Å²) >= 11 is 0. The fraction of sp³-hybridized carbons (Fsp3) is 0.933. The van der Waals surface area contributed by atoms with E-state index < -0.39 is 0 Å². The van der Waals surface area contributed by atoms with Crippen LogP contribution in [-0.4, -0.2) is 12.1 Å². The molecule has 1 aliphatic carbocycles. The topological polar surface area (TPSA) is 26.3 Å². The number of hydrogen-bond acceptors (Lipinski definition) is 2. The Morgan fingerprint density at radius 1 is 1.29 bits per heavy atom. The summed E-state index contributed by atoms with van der Waals surface area (Å²) in [4.78, 5) is 11.9. The second kappa shape index (κ2) is 6.42. The van der Waals surface area contributed by atoms with E-state index in [1.807, 2.05) is 13.8 Å². The van der Waals surface area contributed by atoms with Crippen molar-refractivity contribution in [3.63, 3.8) is 0 Å². The van der Waals surface area contributed by atoms with Crippen LogP contribution >= 0.6 is 0 Å². The summed E-state index contributed by atoms with van der Waals surface area (Å²) in [6.07, 6.45) is 4.55. The van der Waals surface area contributed by atoms with E-state index in [1.165, 1.54) is 12.8 Å². The molecule has 0 N–H and O–H groups in total. The molecule has 1 rings (SSSR count). The molecule has 0 aromatic heterocycles. The largest absolute Gasteiger partial charge is 0.462 e. The lowest BCUT2D eigenvalue weighted by molar-refractivity contribution is -0.160. The molecule has 1 fully saturated rings. The van der Waals surface area contributed by atoms with Crippen LogP contribution in [0, 0.1) is 23.7 Å². The minimum Gasteiger partial charge on any atom is -0.462 e. The van der Waals surface area contributed by atoms with Gasteiger partial charge in [0.05, 0.1) is 5.92 Å². The van der Waals surface area contributed by atoms with Crippen molar-refractivity contribution in [1.29, 1.82) is 0 Å². The van der Waals surface area contributed by atoms with Gasteiger partial charge in [0.25, 0.3) is 0 Å². The van der Waals surface area contributed by atoms with Gasteiger partial charge in [0, 0.05) is 0 Å². The van der Waals surface area contributed by atoms with Crippen molar-refractivity contribution in [1.82, 2.24) is 0 Å². The summed E-state index contributed by atoms with van der Waals surface area (Å²) in [7, 11) is 0. The lowest BCUT2D eigenvalue weighted by Crippen LogP contribution is -2.37. The van der Waals surface area contributed by atoms with E-state index in [9.17, 15) is 4.79 Å². The number of carbonyl (C=O) groups is 1. The van der Waals surface area contributed by atoms with Crippen LogP contribution in [0.25, 0.3) is 0 Å². The Kier molecular flexibility index (Phi) is 5.48. The monoisotopic (exact) mass is 240 g/mol. The van der Waals surface area contributed by atoms with Crippen LogP contribution in [0.15, 0.2) is 0 Å².